The highest BCUT2D eigenvalue weighted by Crippen LogP contribution is 2.22. The number of amidine groups is 1. The van der Waals surface area contributed by atoms with E-state index in [9.17, 15) is 5.11 Å². The summed E-state index contributed by atoms with van der Waals surface area (Å²) in [6, 6.07) is 12.3. The molecule has 1 aromatic heterocycles. The zero-order chi connectivity index (χ0) is 22.2. The van der Waals surface area contributed by atoms with Crippen LogP contribution < -0.4 is 27.4 Å². The van der Waals surface area contributed by atoms with E-state index < -0.39 is 6.35 Å². The van der Waals surface area contributed by atoms with Crippen molar-refractivity contribution in [1.82, 2.24) is 20.6 Å². The van der Waals surface area contributed by atoms with Gasteiger partial charge < -0.3 is 21.9 Å². The summed E-state index contributed by atoms with van der Waals surface area (Å²) in [6.07, 6.45) is 5.85. The summed E-state index contributed by atoms with van der Waals surface area (Å²) >= 11 is 0. The third-order valence-corrected chi connectivity index (χ3v) is 5.55. The number of nitrogens with one attached hydrogen (secondary N) is 4. The third-order valence-electron chi connectivity index (χ3n) is 5.55. The lowest BCUT2D eigenvalue weighted by molar-refractivity contribution is 0.0704. The quantitative estimate of drug-likeness (QED) is 0.182. The van der Waals surface area contributed by atoms with Crippen molar-refractivity contribution < 1.29 is 5.11 Å². The molecule has 1 fully saturated rings. The van der Waals surface area contributed by atoms with Crippen LogP contribution in [0.5, 0.6) is 0 Å². The Labute approximate surface area is 182 Å². The van der Waals surface area contributed by atoms with E-state index in [1.54, 1.807) is 12.3 Å². The van der Waals surface area contributed by atoms with E-state index in [-0.39, 0.29) is 24.0 Å². The van der Waals surface area contributed by atoms with Crippen molar-refractivity contribution in [2.24, 2.45) is 11.5 Å². The van der Waals surface area contributed by atoms with E-state index in [4.69, 9.17) is 16.9 Å². The van der Waals surface area contributed by atoms with Crippen molar-refractivity contribution >= 4 is 17.4 Å². The molecule has 9 nitrogen and oxygen atoms in total. The maximum atomic E-state index is 10.4. The van der Waals surface area contributed by atoms with Gasteiger partial charge in [-0.2, -0.15) is 0 Å². The van der Waals surface area contributed by atoms with Crippen LogP contribution >= 0.6 is 0 Å². The van der Waals surface area contributed by atoms with E-state index >= 15 is 0 Å². The van der Waals surface area contributed by atoms with Crippen molar-refractivity contribution in [2.45, 2.75) is 57.1 Å². The van der Waals surface area contributed by atoms with Gasteiger partial charge in [-0.25, -0.2) is 9.97 Å². The normalized spacial score (nSPS) is 21.3. The Morgan fingerprint density at radius 3 is 2.48 bits per heavy atom. The Kier molecular flexibility index (Phi) is 7.94. The predicted molar refractivity (Wildman–Crippen MR) is 123 cm³/mol. The molecule has 1 saturated carbocycles. The number of aromatic nitrogens is 2. The topological polar surface area (TPSA) is 158 Å². The summed E-state index contributed by atoms with van der Waals surface area (Å²) in [6.45, 7) is 2.03. The highest BCUT2D eigenvalue weighted by Gasteiger charge is 2.24. The van der Waals surface area contributed by atoms with Crippen molar-refractivity contribution in [2.75, 3.05) is 5.32 Å². The number of aliphatic hydroxyl groups excluding tert-OH is 1. The van der Waals surface area contributed by atoms with Gasteiger partial charge in [0.15, 0.2) is 6.35 Å². The number of nitrogens with zero attached hydrogens (tertiary/aromatic N) is 2. The lowest BCUT2D eigenvalue weighted by atomic mass is 9.91. The van der Waals surface area contributed by atoms with Crippen LogP contribution in [0.3, 0.4) is 0 Å². The molecule has 9 heteroatoms. The van der Waals surface area contributed by atoms with Gasteiger partial charge in [-0.3, -0.25) is 16.0 Å². The summed E-state index contributed by atoms with van der Waals surface area (Å²) in [5, 5.41) is 27.8. The predicted octanol–water partition coefficient (Wildman–Crippen LogP) is 1.65. The van der Waals surface area contributed by atoms with Gasteiger partial charge in [-0.15, -0.1) is 0 Å². The molecule has 2 aromatic rings. The van der Waals surface area contributed by atoms with Crippen molar-refractivity contribution in [3.05, 3.63) is 60.1 Å². The third kappa shape index (κ3) is 6.48. The van der Waals surface area contributed by atoms with Crippen molar-refractivity contribution in [3.63, 3.8) is 0 Å². The Morgan fingerprint density at radius 1 is 1.16 bits per heavy atom. The molecule has 0 saturated heterocycles. The van der Waals surface area contributed by atoms with Gasteiger partial charge in [-0.05, 0) is 44.2 Å². The Hall–Kier alpha value is -3.01. The molecule has 0 spiro atoms. The number of hydrogen-bond acceptors (Lipinski definition) is 8. The van der Waals surface area contributed by atoms with Gasteiger partial charge in [-0.1, -0.05) is 30.3 Å². The molecule has 31 heavy (non-hydrogen) atoms. The molecular weight excluding hydrogens is 392 g/mol. The number of hydrogen-bond donors (Lipinski definition) is 7. The summed E-state index contributed by atoms with van der Waals surface area (Å²) in [5.41, 5.74) is 13.1. The molecule has 0 aliphatic heterocycles. The minimum atomic E-state index is -0.766. The van der Waals surface area contributed by atoms with Crippen LogP contribution in [0, 0.1) is 5.41 Å². The van der Waals surface area contributed by atoms with Crippen LogP contribution in [0.1, 0.15) is 49.9 Å². The molecule has 1 unspecified atom stereocenters. The van der Waals surface area contributed by atoms with Gasteiger partial charge in [0.1, 0.15) is 5.84 Å². The lowest BCUT2D eigenvalue weighted by Crippen LogP contribution is -2.49. The Bertz CT molecular complexity index is 880. The smallest absolute Gasteiger partial charge is 0.223 e. The van der Waals surface area contributed by atoms with Crippen molar-refractivity contribution in [3.8, 4) is 0 Å². The lowest BCUT2D eigenvalue weighted by Gasteiger charge is -2.32. The highest BCUT2D eigenvalue weighted by atomic mass is 16.3. The maximum Gasteiger partial charge on any atom is 0.223 e. The molecule has 1 aliphatic rings. The fourth-order valence-electron chi connectivity index (χ4n) is 3.82. The van der Waals surface area contributed by atoms with E-state index in [0.717, 1.165) is 31.2 Å². The second kappa shape index (κ2) is 10.9. The first-order valence-electron chi connectivity index (χ1n) is 10.6. The fourth-order valence-corrected chi connectivity index (χ4v) is 3.82. The van der Waals surface area contributed by atoms with Gasteiger partial charge in [0.25, 0.3) is 0 Å². The van der Waals surface area contributed by atoms with E-state index in [0.29, 0.717) is 17.2 Å². The number of anilines is 1. The number of aliphatic hydroxyl groups is 1. The number of nitrogens with two attached hydrogens (primary N) is 2. The monoisotopic (exact) mass is 424 g/mol. The Morgan fingerprint density at radius 2 is 1.84 bits per heavy atom. The average molecular weight is 425 g/mol. The van der Waals surface area contributed by atoms with Gasteiger partial charge in [0.2, 0.25) is 5.95 Å². The second-order valence-electron chi connectivity index (χ2n) is 7.82. The second-order valence-corrected chi connectivity index (χ2v) is 7.82. The van der Waals surface area contributed by atoms with Crippen LogP contribution in [-0.2, 0) is 0 Å². The average Bonchev–Trinajstić information content (AvgIpc) is 2.76. The highest BCUT2D eigenvalue weighted by molar-refractivity contribution is 6.19. The molecule has 9 N–H and O–H groups in total. The first kappa shape index (κ1) is 22.7. The summed E-state index contributed by atoms with van der Waals surface area (Å²) in [5.74, 6) is 0.361. The molecule has 2 atom stereocenters. The first-order valence-corrected chi connectivity index (χ1v) is 10.6. The largest absolute Gasteiger partial charge is 0.404 e. The first-order chi connectivity index (χ1) is 15.0. The molecule has 166 valence electrons. The van der Waals surface area contributed by atoms with Crippen LogP contribution in [-0.4, -0.2) is 39.3 Å². The zero-order valence-electron chi connectivity index (χ0n) is 17.8. The summed E-state index contributed by atoms with van der Waals surface area (Å²) < 4.78 is 0. The van der Waals surface area contributed by atoms with Gasteiger partial charge in [0, 0.05) is 30.5 Å². The minimum absolute atomic E-state index is 0.0496. The molecule has 1 heterocycles. The minimum Gasteiger partial charge on any atom is -0.404 e. The SMILES string of the molecule is C[C@@H](NC(O)NC1CCC(Nc2nccc(C(=CN)C(=N)N)n2)CC1)c1ccccc1. The molecular formula is C22H32N8O. The molecule has 1 aliphatic carbocycles. The Balaban J connectivity index is 1.46. The van der Waals surface area contributed by atoms with Crippen molar-refractivity contribution in [1.29, 1.82) is 5.41 Å². The molecule has 0 amide bonds. The van der Waals surface area contributed by atoms with Crippen LogP contribution in [0.25, 0.3) is 5.57 Å². The zero-order valence-corrected chi connectivity index (χ0v) is 17.8. The van der Waals surface area contributed by atoms with E-state index in [1.165, 1.54) is 6.20 Å². The van der Waals surface area contributed by atoms with Crippen LogP contribution in [0.4, 0.5) is 5.95 Å². The molecule has 3 rings (SSSR count). The van der Waals surface area contributed by atoms with Crippen LogP contribution in [0.15, 0.2) is 48.8 Å². The molecule has 0 radical (unpaired) electrons. The molecule has 0 bridgehead atoms. The van der Waals surface area contributed by atoms with E-state index in [1.807, 2.05) is 37.3 Å². The standard InChI is InChI=1S/C22H32N8O/c1-14(15-5-3-2-4-6-15)27-22(31)29-17-9-7-16(8-10-17)28-21-26-12-11-19(30-21)18(13-23)20(24)25/h2-6,11-14,16-17,22,27,29,31H,7-10,23H2,1H3,(H3,24,25)(H,26,28,30)/t14-,16?,17?,22?/m1/s1. The summed E-state index contributed by atoms with van der Waals surface area (Å²) in [4.78, 5) is 8.70. The van der Waals surface area contributed by atoms with E-state index in [2.05, 4.69) is 25.9 Å². The van der Waals surface area contributed by atoms with Gasteiger partial charge >= 0.3 is 0 Å². The summed E-state index contributed by atoms with van der Waals surface area (Å²) in [7, 11) is 0. The number of benzene rings is 1. The molecule has 1 aromatic carbocycles. The maximum absolute atomic E-state index is 10.4. The van der Waals surface area contributed by atoms with Crippen LogP contribution in [0.2, 0.25) is 0 Å². The fraction of sp³-hybridized carbons (Fsp3) is 0.409. The number of rotatable bonds is 9. The van der Waals surface area contributed by atoms with Gasteiger partial charge in [0.05, 0.1) is 11.3 Å².